The Morgan fingerprint density at radius 3 is 2.35 bits per heavy atom. The van der Waals surface area contributed by atoms with Crippen molar-refractivity contribution in [1.82, 2.24) is 5.32 Å². The van der Waals surface area contributed by atoms with Crippen LogP contribution >= 0.6 is 0 Å². The number of nitrogens with zero attached hydrogens (tertiary/aromatic N) is 1. The van der Waals surface area contributed by atoms with Gasteiger partial charge in [-0.05, 0) is 51.7 Å². The summed E-state index contributed by atoms with van der Waals surface area (Å²) in [4.78, 5) is 26.8. The molecule has 1 saturated heterocycles. The molecule has 0 aromatic heterocycles. The minimum absolute atomic E-state index is 0.0101. The van der Waals surface area contributed by atoms with Gasteiger partial charge in [0.05, 0.1) is 0 Å². The van der Waals surface area contributed by atoms with Crippen molar-refractivity contribution in [2.45, 2.75) is 45.2 Å². The number of aryl methyl sites for hydroxylation is 1. The van der Waals surface area contributed by atoms with Crippen molar-refractivity contribution in [3.63, 3.8) is 0 Å². The summed E-state index contributed by atoms with van der Waals surface area (Å²) in [6.07, 6.45) is 2.03. The van der Waals surface area contributed by atoms with Gasteiger partial charge in [-0.25, -0.2) is 0 Å². The molecule has 106 valence electrons. The highest BCUT2D eigenvalue weighted by molar-refractivity contribution is 6.10. The third-order valence-electron chi connectivity index (χ3n) is 4.52. The fraction of sp³-hybridized carbons (Fsp3) is 0.500. The molecule has 1 aromatic carbocycles. The molecule has 2 unspecified atom stereocenters. The van der Waals surface area contributed by atoms with Gasteiger partial charge in [0.25, 0.3) is 5.91 Å². The maximum Gasteiger partial charge on any atom is 0.253 e. The Labute approximate surface area is 119 Å². The summed E-state index contributed by atoms with van der Waals surface area (Å²) in [5.41, 5.74) is 1.20. The molecule has 1 heterocycles. The molecule has 1 aromatic rings. The van der Waals surface area contributed by atoms with Crippen LogP contribution in [0.1, 0.15) is 32.3 Å². The summed E-state index contributed by atoms with van der Waals surface area (Å²) in [6, 6.07) is 7.30. The minimum atomic E-state index is -0.742. The standard InChI is InChI=1S/C16H20N2O2/c1-10-4-8-13(9-5-10)18-11(2)14(19)17-16(3,15(18)20)12-6-7-12/h4-5,8-9,11-12H,6-7H2,1-3H3,(H,17,19). The molecule has 0 bridgehead atoms. The monoisotopic (exact) mass is 272 g/mol. The highest BCUT2D eigenvalue weighted by Crippen LogP contribution is 2.43. The van der Waals surface area contributed by atoms with E-state index in [-0.39, 0.29) is 17.7 Å². The summed E-state index contributed by atoms with van der Waals surface area (Å²) < 4.78 is 0. The third kappa shape index (κ3) is 1.90. The van der Waals surface area contributed by atoms with Gasteiger partial charge in [0.15, 0.2) is 0 Å². The second-order valence-electron chi connectivity index (χ2n) is 6.15. The van der Waals surface area contributed by atoms with Gasteiger partial charge in [0, 0.05) is 5.69 Å². The largest absolute Gasteiger partial charge is 0.340 e. The number of hydrogen-bond acceptors (Lipinski definition) is 2. The maximum absolute atomic E-state index is 12.9. The number of carbonyl (C=O) groups excluding carboxylic acids is 2. The first-order valence-electron chi connectivity index (χ1n) is 7.16. The lowest BCUT2D eigenvalue weighted by Crippen LogP contribution is -2.69. The van der Waals surface area contributed by atoms with Crippen molar-refractivity contribution in [3.05, 3.63) is 29.8 Å². The summed E-state index contributed by atoms with van der Waals surface area (Å²) in [6.45, 7) is 5.64. The van der Waals surface area contributed by atoms with Crippen LogP contribution in [0, 0.1) is 12.8 Å². The van der Waals surface area contributed by atoms with Gasteiger partial charge in [0.1, 0.15) is 11.6 Å². The van der Waals surface area contributed by atoms with Gasteiger partial charge in [0.2, 0.25) is 5.91 Å². The Morgan fingerprint density at radius 2 is 1.80 bits per heavy atom. The Balaban J connectivity index is 2.00. The molecule has 1 aliphatic heterocycles. The number of hydrogen-bond donors (Lipinski definition) is 1. The second-order valence-corrected chi connectivity index (χ2v) is 6.15. The number of rotatable bonds is 2. The number of piperazine rings is 1. The maximum atomic E-state index is 12.9. The van der Waals surface area contributed by atoms with Gasteiger partial charge < -0.3 is 5.32 Å². The van der Waals surface area contributed by atoms with Crippen LogP contribution in [0.25, 0.3) is 0 Å². The Bertz CT molecular complexity index is 562. The van der Waals surface area contributed by atoms with E-state index < -0.39 is 11.6 Å². The first kappa shape index (κ1) is 13.2. The van der Waals surface area contributed by atoms with E-state index in [1.54, 1.807) is 11.8 Å². The van der Waals surface area contributed by atoms with E-state index in [9.17, 15) is 9.59 Å². The van der Waals surface area contributed by atoms with Gasteiger partial charge in [-0.1, -0.05) is 17.7 Å². The molecule has 2 amide bonds. The van der Waals surface area contributed by atoms with Crippen molar-refractivity contribution in [2.75, 3.05) is 4.90 Å². The normalized spacial score (nSPS) is 30.4. The smallest absolute Gasteiger partial charge is 0.253 e. The molecular formula is C16H20N2O2. The van der Waals surface area contributed by atoms with Crippen LogP contribution in [0.5, 0.6) is 0 Å². The van der Waals surface area contributed by atoms with Gasteiger partial charge in [-0.2, -0.15) is 0 Å². The molecule has 20 heavy (non-hydrogen) atoms. The average molecular weight is 272 g/mol. The topological polar surface area (TPSA) is 49.4 Å². The first-order valence-corrected chi connectivity index (χ1v) is 7.16. The van der Waals surface area contributed by atoms with E-state index in [0.717, 1.165) is 24.1 Å². The minimum Gasteiger partial charge on any atom is -0.340 e. The van der Waals surface area contributed by atoms with Crippen LogP contribution in [0.3, 0.4) is 0 Å². The van der Waals surface area contributed by atoms with E-state index in [1.807, 2.05) is 38.1 Å². The zero-order valence-corrected chi connectivity index (χ0v) is 12.1. The average Bonchev–Trinajstić information content (AvgIpc) is 3.24. The zero-order valence-electron chi connectivity index (χ0n) is 12.1. The molecular weight excluding hydrogens is 252 g/mol. The van der Waals surface area contributed by atoms with Crippen molar-refractivity contribution in [2.24, 2.45) is 5.92 Å². The first-order chi connectivity index (χ1) is 9.43. The van der Waals surface area contributed by atoms with Gasteiger partial charge >= 0.3 is 0 Å². The quantitative estimate of drug-likeness (QED) is 0.895. The lowest BCUT2D eigenvalue weighted by atomic mass is 9.89. The number of anilines is 1. The molecule has 2 fully saturated rings. The number of amides is 2. The van der Waals surface area contributed by atoms with Crippen LogP contribution in [0.15, 0.2) is 24.3 Å². The summed E-state index contributed by atoms with van der Waals surface area (Å²) >= 11 is 0. The van der Waals surface area contributed by atoms with E-state index in [4.69, 9.17) is 0 Å². The molecule has 0 radical (unpaired) electrons. The summed E-state index contributed by atoms with van der Waals surface area (Å²) in [5, 5.41) is 2.94. The molecule has 4 heteroatoms. The molecule has 0 spiro atoms. The van der Waals surface area contributed by atoms with Crippen molar-refractivity contribution < 1.29 is 9.59 Å². The van der Waals surface area contributed by atoms with Crippen molar-refractivity contribution >= 4 is 17.5 Å². The van der Waals surface area contributed by atoms with Crippen LogP contribution in [0.4, 0.5) is 5.69 Å². The number of nitrogens with one attached hydrogen (secondary N) is 1. The van der Waals surface area contributed by atoms with Crippen LogP contribution in [-0.2, 0) is 9.59 Å². The predicted molar refractivity (Wildman–Crippen MR) is 77.4 cm³/mol. The van der Waals surface area contributed by atoms with Crippen LogP contribution in [0.2, 0.25) is 0 Å². The zero-order chi connectivity index (χ0) is 14.5. The molecule has 1 N–H and O–H groups in total. The lowest BCUT2D eigenvalue weighted by Gasteiger charge is -2.43. The van der Waals surface area contributed by atoms with Crippen molar-refractivity contribution in [1.29, 1.82) is 0 Å². The third-order valence-corrected chi connectivity index (χ3v) is 4.52. The SMILES string of the molecule is Cc1ccc(N2C(=O)C(C)(C3CC3)NC(=O)C2C)cc1. The van der Waals surface area contributed by atoms with Gasteiger partial charge in [-0.3, -0.25) is 14.5 Å². The number of carbonyl (C=O) groups is 2. The molecule has 3 rings (SSSR count). The molecule has 1 aliphatic carbocycles. The molecule has 1 saturated carbocycles. The second kappa shape index (κ2) is 4.33. The van der Waals surface area contributed by atoms with E-state index >= 15 is 0 Å². The van der Waals surface area contributed by atoms with Crippen LogP contribution < -0.4 is 10.2 Å². The van der Waals surface area contributed by atoms with Crippen LogP contribution in [-0.4, -0.2) is 23.4 Å². The van der Waals surface area contributed by atoms with E-state index in [0.29, 0.717) is 0 Å². The molecule has 4 nitrogen and oxygen atoms in total. The fourth-order valence-electron chi connectivity index (χ4n) is 2.94. The predicted octanol–water partition coefficient (Wildman–Crippen LogP) is 2.02. The van der Waals surface area contributed by atoms with Crippen molar-refractivity contribution in [3.8, 4) is 0 Å². The highest BCUT2D eigenvalue weighted by atomic mass is 16.2. The Morgan fingerprint density at radius 1 is 1.20 bits per heavy atom. The fourth-order valence-corrected chi connectivity index (χ4v) is 2.94. The van der Waals surface area contributed by atoms with Gasteiger partial charge in [-0.15, -0.1) is 0 Å². The summed E-state index contributed by atoms with van der Waals surface area (Å²) in [5.74, 6) is 0.218. The Hall–Kier alpha value is -1.84. The Kier molecular flexibility index (Phi) is 2.85. The lowest BCUT2D eigenvalue weighted by molar-refractivity contribution is -0.138. The van der Waals surface area contributed by atoms with E-state index in [2.05, 4.69) is 5.32 Å². The van der Waals surface area contributed by atoms with E-state index in [1.165, 1.54) is 0 Å². The number of benzene rings is 1. The summed E-state index contributed by atoms with van der Waals surface area (Å²) in [7, 11) is 0. The molecule has 2 atom stereocenters. The molecule has 2 aliphatic rings. The highest BCUT2D eigenvalue weighted by Gasteiger charge is 2.54.